The van der Waals surface area contributed by atoms with Gasteiger partial charge in [0.25, 0.3) is 0 Å². The van der Waals surface area contributed by atoms with Crippen LogP contribution in [0.5, 0.6) is 0 Å². The first-order chi connectivity index (χ1) is 10.0. The third-order valence-electron chi connectivity index (χ3n) is 5.51. The van der Waals surface area contributed by atoms with Crippen LogP contribution in [-0.2, 0) is 4.74 Å². The van der Waals surface area contributed by atoms with Crippen molar-refractivity contribution in [1.29, 1.82) is 0 Å². The summed E-state index contributed by atoms with van der Waals surface area (Å²) in [4.78, 5) is 0. The zero-order valence-electron chi connectivity index (χ0n) is 13.7. The first-order valence-corrected chi connectivity index (χ1v) is 8.50. The Labute approximate surface area is 129 Å². The van der Waals surface area contributed by atoms with Crippen LogP contribution in [0.25, 0.3) is 0 Å². The summed E-state index contributed by atoms with van der Waals surface area (Å²) in [6, 6.07) is 11.2. The molecule has 2 nitrogen and oxygen atoms in total. The molecule has 1 saturated carbocycles. The van der Waals surface area contributed by atoms with Gasteiger partial charge in [0.1, 0.15) is 0 Å². The van der Waals surface area contributed by atoms with Crippen molar-refractivity contribution in [2.24, 2.45) is 5.41 Å². The van der Waals surface area contributed by atoms with Crippen molar-refractivity contribution in [3.05, 3.63) is 35.9 Å². The van der Waals surface area contributed by atoms with E-state index in [1.54, 1.807) is 0 Å². The Morgan fingerprint density at radius 2 is 1.76 bits per heavy atom. The normalized spacial score (nSPS) is 31.2. The molecule has 2 fully saturated rings. The van der Waals surface area contributed by atoms with Gasteiger partial charge in [-0.15, -0.1) is 0 Å². The van der Waals surface area contributed by atoms with Crippen molar-refractivity contribution in [3.63, 3.8) is 0 Å². The molecular weight excluding hydrogens is 258 g/mol. The minimum atomic E-state index is 0.0572. The summed E-state index contributed by atoms with van der Waals surface area (Å²) in [7, 11) is 0. The van der Waals surface area contributed by atoms with E-state index in [1.807, 2.05) is 0 Å². The van der Waals surface area contributed by atoms with Crippen LogP contribution >= 0.6 is 0 Å². The predicted octanol–water partition coefficient (Wildman–Crippen LogP) is 4.47. The van der Waals surface area contributed by atoms with Crippen molar-refractivity contribution in [2.75, 3.05) is 6.54 Å². The number of ether oxygens (including phenoxy) is 1. The smallest absolute Gasteiger partial charge is 0.0985 e. The van der Waals surface area contributed by atoms with E-state index in [9.17, 15) is 0 Å². The zero-order valence-corrected chi connectivity index (χ0v) is 13.7. The summed E-state index contributed by atoms with van der Waals surface area (Å²) >= 11 is 0. The van der Waals surface area contributed by atoms with E-state index in [0.717, 1.165) is 13.0 Å². The molecular formula is C19H29NO. The highest BCUT2D eigenvalue weighted by Gasteiger charge is 2.45. The minimum absolute atomic E-state index is 0.0572. The first-order valence-electron chi connectivity index (χ1n) is 8.50. The van der Waals surface area contributed by atoms with Gasteiger partial charge in [0.2, 0.25) is 0 Å². The summed E-state index contributed by atoms with van der Waals surface area (Å²) in [5.74, 6) is 0. The van der Waals surface area contributed by atoms with E-state index < -0.39 is 0 Å². The van der Waals surface area contributed by atoms with E-state index in [0.29, 0.717) is 11.5 Å². The van der Waals surface area contributed by atoms with E-state index in [4.69, 9.17) is 4.74 Å². The summed E-state index contributed by atoms with van der Waals surface area (Å²) in [6.07, 6.45) is 6.23. The zero-order chi connectivity index (χ0) is 14.9. The largest absolute Gasteiger partial charge is 0.364 e. The molecule has 0 aromatic heterocycles. The van der Waals surface area contributed by atoms with Gasteiger partial charge in [-0.1, -0.05) is 51.1 Å². The molecule has 2 heteroatoms. The quantitative estimate of drug-likeness (QED) is 0.867. The van der Waals surface area contributed by atoms with Crippen molar-refractivity contribution in [3.8, 4) is 0 Å². The third kappa shape index (κ3) is 3.17. The second-order valence-corrected chi connectivity index (χ2v) is 7.69. The summed E-state index contributed by atoms with van der Waals surface area (Å²) in [5.41, 5.74) is 1.86. The van der Waals surface area contributed by atoms with Gasteiger partial charge in [-0.25, -0.2) is 0 Å². The Bertz CT molecular complexity index is 458. The standard InChI is InChI=1S/C19H29NO/c1-4-16-17(15-8-6-5-7-9-15)21-19(14-20-16)12-10-18(2,3)11-13-19/h5-9,16-17,20H,4,10-14H2,1-3H3. The second kappa shape index (κ2) is 5.73. The lowest BCUT2D eigenvalue weighted by atomic mass is 9.70. The van der Waals surface area contributed by atoms with Crippen molar-refractivity contribution < 1.29 is 4.74 Å². The maximum absolute atomic E-state index is 6.74. The SMILES string of the molecule is CCC1NCC2(CCC(C)(C)CC2)OC1c1ccccc1. The van der Waals surface area contributed by atoms with Crippen LogP contribution in [0.3, 0.4) is 0 Å². The van der Waals surface area contributed by atoms with Crippen molar-refractivity contribution in [1.82, 2.24) is 5.32 Å². The molecule has 1 aromatic carbocycles. The lowest BCUT2D eigenvalue weighted by Gasteiger charge is -2.50. The fraction of sp³-hybridized carbons (Fsp3) is 0.684. The maximum atomic E-state index is 6.74. The summed E-state index contributed by atoms with van der Waals surface area (Å²) in [5, 5.41) is 3.78. The number of hydrogen-bond acceptors (Lipinski definition) is 2. The highest BCUT2D eigenvalue weighted by atomic mass is 16.5. The first kappa shape index (κ1) is 15.1. The predicted molar refractivity (Wildman–Crippen MR) is 87.3 cm³/mol. The molecule has 2 aliphatic rings. The molecule has 21 heavy (non-hydrogen) atoms. The Hall–Kier alpha value is -0.860. The van der Waals surface area contributed by atoms with E-state index in [2.05, 4.69) is 56.4 Å². The van der Waals surface area contributed by atoms with E-state index in [-0.39, 0.29) is 11.7 Å². The van der Waals surface area contributed by atoms with Crippen LogP contribution < -0.4 is 5.32 Å². The van der Waals surface area contributed by atoms with Crippen molar-refractivity contribution >= 4 is 0 Å². The second-order valence-electron chi connectivity index (χ2n) is 7.69. The summed E-state index contributed by atoms with van der Waals surface area (Å²) in [6.45, 7) is 8.04. The maximum Gasteiger partial charge on any atom is 0.0985 e. The lowest BCUT2D eigenvalue weighted by Crippen LogP contribution is -2.57. The highest BCUT2D eigenvalue weighted by Crippen LogP contribution is 2.46. The third-order valence-corrected chi connectivity index (χ3v) is 5.51. The van der Waals surface area contributed by atoms with Gasteiger partial charge in [0.05, 0.1) is 11.7 Å². The van der Waals surface area contributed by atoms with Crippen LogP contribution in [0.4, 0.5) is 0 Å². The molecule has 1 saturated heterocycles. The van der Waals surface area contributed by atoms with Crippen LogP contribution in [-0.4, -0.2) is 18.2 Å². The van der Waals surface area contributed by atoms with Gasteiger partial charge in [0.15, 0.2) is 0 Å². The monoisotopic (exact) mass is 287 g/mol. The molecule has 1 spiro atoms. The molecule has 1 aliphatic carbocycles. The average molecular weight is 287 g/mol. The molecule has 3 rings (SSSR count). The lowest BCUT2D eigenvalue weighted by molar-refractivity contribution is -0.164. The Kier molecular flexibility index (Phi) is 4.11. The van der Waals surface area contributed by atoms with Crippen LogP contribution in [0.1, 0.15) is 64.5 Å². The van der Waals surface area contributed by atoms with Crippen molar-refractivity contribution in [2.45, 2.75) is 70.6 Å². The van der Waals surface area contributed by atoms with Gasteiger partial charge in [0, 0.05) is 12.6 Å². The average Bonchev–Trinajstić information content (AvgIpc) is 2.52. The van der Waals surface area contributed by atoms with E-state index >= 15 is 0 Å². The number of rotatable bonds is 2. The fourth-order valence-electron chi connectivity index (χ4n) is 3.80. The number of hydrogen-bond donors (Lipinski definition) is 1. The molecule has 1 aromatic rings. The highest BCUT2D eigenvalue weighted by molar-refractivity contribution is 5.20. The summed E-state index contributed by atoms with van der Waals surface area (Å²) < 4.78 is 6.74. The molecule has 0 bridgehead atoms. The topological polar surface area (TPSA) is 21.3 Å². The van der Waals surface area contributed by atoms with Gasteiger partial charge in [-0.05, 0) is 43.1 Å². The minimum Gasteiger partial charge on any atom is -0.364 e. The number of morpholine rings is 1. The molecule has 1 N–H and O–H groups in total. The molecule has 2 atom stereocenters. The molecule has 0 amide bonds. The Morgan fingerprint density at radius 1 is 1.10 bits per heavy atom. The van der Waals surface area contributed by atoms with Crippen LogP contribution in [0.15, 0.2) is 30.3 Å². The molecule has 1 heterocycles. The van der Waals surface area contributed by atoms with Crippen LogP contribution in [0, 0.1) is 5.41 Å². The van der Waals surface area contributed by atoms with Crippen LogP contribution in [0.2, 0.25) is 0 Å². The van der Waals surface area contributed by atoms with E-state index in [1.165, 1.54) is 31.2 Å². The molecule has 0 radical (unpaired) electrons. The Morgan fingerprint density at radius 3 is 2.38 bits per heavy atom. The molecule has 116 valence electrons. The van der Waals surface area contributed by atoms with Gasteiger partial charge in [-0.2, -0.15) is 0 Å². The van der Waals surface area contributed by atoms with Gasteiger partial charge in [-0.3, -0.25) is 0 Å². The fourth-order valence-corrected chi connectivity index (χ4v) is 3.80. The van der Waals surface area contributed by atoms with Gasteiger partial charge < -0.3 is 10.1 Å². The Balaban J connectivity index is 1.79. The molecule has 2 unspecified atom stereocenters. The number of nitrogens with one attached hydrogen (secondary N) is 1. The number of benzene rings is 1. The van der Waals surface area contributed by atoms with Gasteiger partial charge >= 0.3 is 0 Å². The molecule has 1 aliphatic heterocycles.